The fourth-order valence-electron chi connectivity index (χ4n) is 5.44. The summed E-state index contributed by atoms with van der Waals surface area (Å²) in [7, 11) is 0. The molecule has 1 aromatic heterocycles. The normalized spacial score (nSPS) is 25.1. The van der Waals surface area contributed by atoms with Crippen LogP contribution in [0.3, 0.4) is 0 Å². The number of nitrogens with zero attached hydrogens (tertiary/aromatic N) is 3. The van der Waals surface area contributed by atoms with Crippen LogP contribution in [0.5, 0.6) is 0 Å². The first-order valence-electron chi connectivity index (χ1n) is 11.7. The Hall–Kier alpha value is -1.76. The van der Waals surface area contributed by atoms with E-state index in [0.29, 0.717) is 15.6 Å². The van der Waals surface area contributed by atoms with Crippen LogP contribution in [-0.4, -0.2) is 53.6 Å². The van der Waals surface area contributed by atoms with Crippen molar-refractivity contribution in [2.75, 3.05) is 31.1 Å². The van der Waals surface area contributed by atoms with Crippen molar-refractivity contribution < 1.29 is 9.21 Å². The van der Waals surface area contributed by atoms with Crippen molar-refractivity contribution in [3.05, 3.63) is 46.6 Å². The van der Waals surface area contributed by atoms with Crippen molar-refractivity contribution in [3.63, 3.8) is 0 Å². The fraction of sp³-hybridized carbons (Fsp3) is 0.583. The number of rotatable bonds is 6. The number of aromatic nitrogens is 1. The number of carbonyl (C=O) groups excluding carboxylic acids is 1. The van der Waals surface area contributed by atoms with Crippen LogP contribution >= 0.6 is 23.2 Å². The van der Waals surface area contributed by atoms with E-state index in [4.69, 9.17) is 27.6 Å². The Bertz CT molecular complexity index is 939. The van der Waals surface area contributed by atoms with Crippen LogP contribution in [0.4, 0.5) is 5.69 Å². The molecule has 2 aromatic rings. The molecule has 1 N–H and O–H groups in total. The van der Waals surface area contributed by atoms with E-state index < -0.39 is 0 Å². The maximum Gasteiger partial charge on any atom is 0.307 e. The van der Waals surface area contributed by atoms with Gasteiger partial charge in [-0.3, -0.25) is 9.69 Å². The van der Waals surface area contributed by atoms with Crippen LogP contribution in [0.15, 0.2) is 35.1 Å². The Kier molecular flexibility index (Phi) is 6.37. The number of oxazole rings is 1. The number of nitrogens with one attached hydrogen (secondary N) is 1. The molecule has 172 valence electrons. The third kappa shape index (κ3) is 4.63. The van der Waals surface area contributed by atoms with E-state index >= 15 is 0 Å². The summed E-state index contributed by atoms with van der Waals surface area (Å²) in [4.78, 5) is 21.2. The second-order valence-corrected chi connectivity index (χ2v) is 10.3. The number of amides is 1. The first-order valence-corrected chi connectivity index (χ1v) is 12.4. The smallest absolute Gasteiger partial charge is 0.307 e. The zero-order chi connectivity index (χ0) is 22.1. The number of carbonyl (C=O) groups is 1. The molecule has 8 heteroatoms. The Balaban J connectivity index is 1.09. The highest BCUT2D eigenvalue weighted by Crippen LogP contribution is 2.46. The summed E-state index contributed by atoms with van der Waals surface area (Å²) >= 11 is 12.7. The Morgan fingerprint density at radius 1 is 1.19 bits per heavy atom. The molecular formula is C24H30Cl2N4O2. The standard InChI is InChI=1S/C24H30Cl2N4O2/c25-19-2-1-3-20(21(19)26)29-13-14-30(24(16-29)9-10-24)12-8-17-4-6-18(7-5-17)28-22(31)23-27-11-15-32-23/h1-3,11,15,17-18H,4-10,12-14,16H2,(H,28,31)/t17-,18-. The lowest BCUT2D eigenvalue weighted by atomic mass is 9.84. The van der Waals surface area contributed by atoms with E-state index in [0.717, 1.165) is 50.6 Å². The van der Waals surface area contributed by atoms with Gasteiger partial charge in [0.2, 0.25) is 0 Å². The van der Waals surface area contributed by atoms with Gasteiger partial charge >= 0.3 is 5.91 Å². The molecule has 1 amide bonds. The van der Waals surface area contributed by atoms with Crippen LogP contribution in [0.1, 0.15) is 55.6 Å². The first-order chi connectivity index (χ1) is 15.5. The molecule has 3 fully saturated rings. The summed E-state index contributed by atoms with van der Waals surface area (Å²) in [6, 6.07) is 6.15. The zero-order valence-corrected chi connectivity index (χ0v) is 19.7. The lowest BCUT2D eigenvalue weighted by molar-refractivity contribution is 0.0881. The summed E-state index contributed by atoms with van der Waals surface area (Å²) in [5, 5.41) is 4.37. The molecular weight excluding hydrogens is 447 g/mol. The van der Waals surface area contributed by atoms with Gasteiger partial charge in [-0.1, -0.05) is 29.3 Å². The van der Waals surface area contributed by atoms with Crippen LogP contribution < -0.4 is 10.2 Å². The van der Waals surface area contributed by atoms with Crippen molar-refractivity contribution in [3.8, 4) is 0 Å². The molecule has 1 aliphatic heterocycles. The second kappa shape index (κ2) is 9.24. The summed E-state index contributed by atoms with van der Waals surface area (Å²) in [5.74, 6) is 0.688. The van der Waals surface area contributed by atoms with Gasteiger partial charge < -0.3 is 14.6 Å². The van der Waals surface area contributed by atoms with Crippen molar-refractivity contribution >= 4 is 34.8 Å². The average Bonchev–Trinajstić information content (AvgIpc) is 3.33. The topological polar surface area (TPSA) is 61.6 Å². The Morgan fingerprint density at radius 3 is 2.72 bits per heavy atom. The van der Waals surface area contributed by atoms with Crippen molar-refractivity contribution in [2.24, 2.45) is 5.92 Å². The van der Waals surface area contributed by atoms with Gasteiger partial charge in [0.1, 0.15) is 6.26 Å². The SMILES string of the molecule is O=C(N[C@H]1CC[C@H](CCN2CCN(c3cccc(Cl)c3Cl)CC23CC3)CC1)c1ncco1. The molecule has 1 spiro atoms. The Labute approximate surface area is 199 Å². The minimum atomic E-state index is -0.202. The lowest BCUT2D eigenvalue weighted by Gasteiger charge is -2.44. The first kappa shape index (κ1) is 22.1. The molecule has 32 heavy (non-hydrogen) atoms. The number of benzene rings is 1. The highest BCUT2D eigenvalue weighted by atomic mass is 35.5. The highest BCUT2D eigenvalue weighted by molar-refractivity contribution is 6.43. The average molecular weight is 477 g/mol. The van der Waals surface area contributed by atoms with Crippen LogP contribution in [-0.2, 0) is 0 Å². The molecule has 0 bridgehead atoms. The quantitative estimate of drug-likeness (QED) is 0.634. The van der Waals surface area contributed by atoms with Gasteiger partial charge in [0, 0.05) is 31.2 Å². The van der Waals surface area contributed by atoms with E-state index in [-0.39, 0.29) is 17.8 Å². The fourth-order valence-corrected chi connectivity index (χ4v) is 5.85. The Morgan fingerprint density at radius 2 is 2.00 bits per heavy atom. The summed E-state index contributed by atoms with van der Waals surface area (Å²) in [6.45, 7) is 4.26. The summed E-state index contributed by atoms with van der Waals surface area (Å²) in [6.07, 6.45) is 11.1. The molecule has 1 aromatic carbocycles. The number of anilines is 1. The van der Waals surface area contributed by atoms with E-state index in [1.807, 2.05) is 12.1 Å². The van der Waals surface area contributed by atoms with Crippen LogP contribution in [0.25, 0.3) is 0 Å². The van der Waals surface area contributed by atoms with Crippen LogP contribution in [0.2, 0.25) is 10.0 Å². The molecule has 3 aliphatic rings. The number of halogens is 2. The number of hydrogen-bond donors (Lipinski definition) is 1. The van der Waals surface area contributed by atoms with Gasteiger partial charge in [-0.2, -0.15) is 0 Å². The maximum absolute atomic E-state index is 12.1. The molecule has 2 heterocycles. The highest BCUT2D eigenvalue weighted by Gasteiger charge is 2.51. The molecule has 1 saturated heterocycles. The van der Waals surface area contributed by atoms with Gasteiger partial charge in [-0.05, 0) is 69.5 Å². The molecule has 0 atom stereocenters. The van der Waals surface area contributed by atoms with Gasteiger partial charge in [0.25, 0.3) is 5.89 Å². The van der Waals surface area contributed by atoms with E-state index in [1.54, 1.807) is 0 Å². The van der Waals surface area contributed by atoms with Gasteiger partial charge in [-0.15, -0.1) is 0 Å². The predicted octanol–water partition coefficient (Wildman–Crippen LogP) is 5.01. The molecule has 0 radical (unpaired) electrons. The second-order valence-electron chi connectivity index (χ2n) is 9.52. The van der Waals surface area contributed by atoms with E-state index in [1.165, 1.54) is 44.6 Å². The molecule has 2 saturated carbocycles. The minimum Gasteiger partial charge on any atom is -0.441 e. The van der Waals surface area contributed by atoms with Gasteiger partial charge in [-0.25, -0.2) is 4.98 Å². The van der Waals surface area contributed by atoms with Crippen molar-refractivity contribution in [2.45, 2.75) is 56.5 Å². The number of hydrogen-bond acceptors (Lipinski definition) is 5. The zero-order valence-electron chi connectivity index (χ0n) is 18.2. The summed E-state index contributed by atoms with van der Waals surface area (Å²) in [5.41, 5.74) is 1.38. The third-order valence-corrected chi connectivity index (χ3v) is 8.32. The maximum atomic E-state index is 12.1. The summed E-state index contributed by atoms with van der Waals surface area (Å²) < 4.78 is 5.09. The van der Waals surface area contributed by atoms with Crippen LogP contribution in [0, 0.1) is 5.92 Å². The molecule has 6 nitrogen and oxygen atoms in total. The predicted molar refractivity (Wildman–Crippen MR) is 127 cm³/mol. The van der Waals surface area contributed by atoms with Crippen molar-refractivity contribution in [1.82, 2.24) is 15.2 Å². The lowest BCUT2D eigenvalue weighted by Crippen LogP contribution is -2.55. The third-order valence-electron chi connectivity index (χ3n) is 7.51. The largest absolute Gasteiger partial charge is 0.441 e. The molecule has 5 rings (SSSR count). The van der Waals surface area contributed by atoms with E-state index in [2.05, 4.69) is 26.2 Å². The minimum absolute atomic E-state index is 0.153. The van der Waals surface area contributed by atoms with Gasteiger partial charge in [0.15, 0.2) is 0 Å². The van der Waals surface area contributed by atoms with Crippen molar-refractivity contribution in [1.29, 1.82) is 0 Å². The van der Waals surface area contributed by atoms with E-state index in [9.17, 15) is 4.79 Å². The molecule has 2 aliphatic carbocycles. The molecule has 0 unspecified atom stereocenters. The number of piperazine rings is 1. The van der Waals surface area contributed by atoms with Gasteiger partial charge in [0.05, 0.1) is 21.9 Å². The monoisotopic (exact) mass is 476 g/mol.